The number of carbonyl (C=O) groups is 1. The van der Waals surface area contributed by atoms with Crippen LogP contribution in [0.5, 0.6) is 5.75 Å². The highest BCUT2D eigenvalue weighted by molar-refractivity contribution is 6.01. The lowest BCUT2D eigenvalue weighted by Gasteiger charge is -2.10. The number of aromatic hydroxyl groups is 1. The molecule has 0 spiro atoms. The molecule has 7 nitrogen and oxygen atoms in total. The van der Waals surface area contributed by atoms with Crippen LogP contribution in [0.15, 0.2) is 45.6 Å². The van der Waals surface area contributed by atoms with Gasteiger partial charge in [0.05, 0.1) is 12.5 Å². The molecule has 1 N–H and O–H groups in total. The van der Waals surface area contributed by atoms with Crippen LogP contribution in [0, 0.1) is 0 Å². The van der Waals surface area contributed by atoms with E-state index < -0.39 is 11.4 Å². The first-order valence-corrected chi connectivity index (χ1v) is 7.03. The molecule has 0 fully saturated rings. The van der Waals surface area contributed by atoms with Gasteiger partial charge in [0.25, 0.3) is 0 Å². The maximum Gasteiger partial charge on any atom is 0.356 e. The number of ether oxygens (including phenoxy) is 1. The summed E-state index contributed by atoms with van der Waals surface area (Å²) >= 11 is 0. The van der Waals surface area contributed by atoms with Gasteiger partial charge in [0, 0.05) is 12.1 Å². The van der Waals surface area contributed by atoms with Crippen molar-refractivity contribution in [3.05, 3.63) is 52.3 Å². The minimum atomic E-state index is -0.747. The van der Waals surface area contributed by atoms with Crippen LogP contribution in [0.3, 0.4) is 0 Å². The van der Waals surface area contributed by atoms with Gasteiger partial charge < -0.3 is 14.3 Å². The Morgan fingerprint density at radius 3 is 2.79 bits per heavy atom. The number of methoxy groups -OCH3 is 1. The number of carbonyl (C=O) groups excluding carboxylic acids is 1. The van der Waals surface area contributed by atoms with E-state index in [1.54, 1.807) is 24.3 Å². The number of fused-ring (bicyclic) bond motifs is 4. The van der Waals surface area contributed by atoms with Gasteiger partial charge in [-0.05, 0) is 12.1 Å². The Morgan fingerprint density at radius 1 is 1.21 bits per heavy atom. The fraction of sp³-hybridized carbons (Fsp3) is 0.0588. The highest BCUT2D eigenvalue weighted by Gasteiger charge is 2.22. The lowest BCUT2D eigenvalue weighted by molar-refractivity contribution is 0.0594. The second-order valence-corrected chi connectivity index (χ2v) is 5.14. The third-order valence-electron chi connectivity index (χ3n) is 3.68. The van der Waals surface area contributed by atoms with Crippen molar-refractivity contribution in [2.24, 2.45) is 0 Å². The maximum absolute atomic E-state index is 12.3. The molecular weight excluding hydrogens is 312 g/mol. The first kappa shape index (κ1) is 14.1. The van der Waals surface area contributed by atoms with Gasteiger partial charge in [-0.25, -0.2) is 14.8 Å². The second-order valence-electron chi connectivity index (χ2n) is 5.14. The molecule has 1 aromatic heterocycles. The largest absolute Gasteiger partial charge is 0.507 e. The number of nitrogens with zero attached hydrogens (tertiary/aromatic N) is 2. The van der Waals surface area contributed by atoms with E-state index in [9.17, 15) is 14.7 Å². The van der Waals surface area contributed by atoms with Crippen LogP contribution in [-0.2, 0) is 4.74 Å². The van der Waals surface area contributed by atoms with Crippen molar-refractivity contribution in [3.8, 4) is 17.2 Å². The Morgan fingerprint density at radius 2 is 2.00 bits per heavy atom. The van der Waals surface area contributed by atoms with E-state index >= 15 is 0 Å². The number of rotatable bonds is 1. The Labute approximate surface area is 134 Å². The molecular formula is C17H10N2O5. The summed E-state index contributed by atoms with van der Waals surface area (Å²) in [5.74, 6) is -0.807. The average molecular weight is 322 g/mol. The van der Waals surface area contributed by atoms with Crippen LogP contribution in [0.1, 0.15) is 10.5 Å². The highest BCUT2D eigenvalue weighted by atomic mass is 16.5. The molecule has 24 heavy (non-hydrogen) atoms. The number of hydrogen-bond donors (Lipinski definition) is 1. The first-order chi connectivity index (χ1) is 11.6. The van der Waals surface area contributed by atoms with E-state index in [0.717, 1.165) is 6.07 Å². The molecule has 4 rings (SSSR count). The van der Waals surface area contributed by atoms with Gasteiger partial charge in [0.2, 0.25) is 5.43 Å². The molecule has 0 amide bonds. The number of para-hydroxylation sites is 2. The summed E-state index contributed by atoms with van der Waals surface area (Å²) in [6.45, 7) is 0. The highest BCUT2D eigenvalue weighted by Crippen LogP contribution is 2.34. The van der Waals surface area contributed by atoms with Gasteiger partial charge in [-0.2, -0.15) is 0 Å². The van der Waals surface area contributed by atoms with Crippen molar-refractivity contribution >= 4 is 28.0 Å². The quantitative estimate of drug-likeness (QED) is 0.326. The zero-order chi connectivity index (χ0) is 16.8. The number of esters is 1. The number of aromatic nitrogens is 2. The van der Waals surface area contributed by atoms with Crippen LogP contribution < -0.4 is 5.43 Å². The van der Waals surface area contributed by atoms with Gasteiger partial charge in [-0.1, -0.05) is 12.1 Å². The average Bonchev–Trinajstić information content (AvgIpc) is 2.59. The van der Waals surface area contributed by atoms with E-state index in [1.807, 2.05) is 0 Å². The summed E-state index contributed by atoms with van der Waals surface area (Å²) in [7, 11) is 1.19. The fourth-order valence-corrected chi connectivity index (χ4v) is 2.60. The van der Waals surface area contributed by atoms with Gasteiger partial charge in [0.15, 0.2) is 17.0 Å². The molecule has 0 unspecified atom stereocenters. The Bertz CT molecular complexity index is 1150. The van der Waals surface area contributed by atoms with Crippen molar-refractivity contribution in [2.45, 2.75) is 0 Å². The molecule has 118 valence electrons. The third-order valence-corrected chi connectivity index (χ3v) is 3.68. The maximum atomic E-state index is 12.3. The minimum absolute atomic E-state index is 0.0686. The number of pyridine rings is 1. The summed E-state index contributed by atoms with van der Waals surface area (Å²) in [6, 6.07) is 9.46. The lowest BCUT2D eigenvalue weighted by Crippen LogP contribution is -2.10. The minimum Gasteiger partial charge on any atom is -0.507 e. The van der Waals surface area contributed by atoms with E-state index in [2.05, 4.69) is 14.7 Å². The summed E-state index contributed by atoms with van der Waals surface area (Å²) in [4.78, 5) is 32.4. The second kappa shape index (κ2) is 5.02. The van der Waals surface area contributed by atoms with E-state index in [-0.39, 0.29) is 28.1 Å². The van der Waals surface area contributed by atoms with Gasteiger partial charge >= 0.3 is 5.97 Å². The van der Waals surface area contributed by atoms with Crippen LogP contribution in [0.25, 0.3) is 33.5 Å². The SMILES string of the molecule is COC(=O)c1cc(O)c2c3nc4ccccc4oc-3cc(=O)c2n1. The standard InChI is InChI=1S/C17H10N2O5/c1-23-17(22)9-6-10(20)14-15(19-9)11(21)7-13-16(14)18-8-4-2-3-5-12(8)24-13/h2-7H,1H3,(H,19,20). The molecule has 0 saturated carbocycles. The summed E-state index contributed by atoms with van der Waals surface area (Å²) in [6.07, 6.45) is 0. The zero-order valence-corrected chi connectivity index (χ0v) is 12.4. The van der Waals surface area contributed by atoms with E-state index in [4.69, 9.17) is 4.42 Å². The Balaban J connectivity index is 2.17. The monoisotopic (exact) mass is 322 g/mol. The van der Waals surface area contributed by atoms with Crippen LogP contribution in [0.4, 0.5) is 0 Å². The predicted octanol–water partition coefficient (Wildman–Crippen LogP) is 2.33. The third kappa shape index (κ3) is 1.98. The van der Waals surface area contributed by atoms with Crippen molar-refractivity contribution in [3.63, 3.8) is 0 Å². The molecule has 1 aromatic carbocycles. The molecule has 2 heterocycles. The summed E-state index contributed by atoms with van der Waals surface area (Å²) < 4.78 is 10.3. The summed E-state index contributed by atoms with van der Waals surface area (Å²) in [5.41, 5.74) is 0.672. The van der Waals surface area contributed by atoms with Crippen LogP contribution in [0.2, 0.25) is 0 Å². The van der Waals surface area contributed by atoms with Crippen molar-refractivity contribution in [1.82, 2.24) is 9.97 Å². The first-order valence-electron chi connectivity index (χ1n) is 7.03. The molecule has 0 atom stereocenters. The molecule has 0 saturated heterocycles. The Hall–Kier alpha value is -3.48. The normalized spacial score (nSPS) is 11.2. The molecule has 2 aliphatic rings. The van der Waals surface area contributed by atoms with Gasteiger partial charge in [0.1, 0.15) is 22.5 Å². The van der Waals surface area contributed by atoms with Crippen molar-refractivity contribution in [1.29, 1.82) is 0 Å². The van der Waals surface area contributed by atoms with E-state index in [1.165, 1.54) is 13.2 Å². The molecule has 0 radical (unpaired) electrons. The Kier molecular flexibility index (Phi) is 2.96. The molecule has 7 heteroatoms. The molecule has 2 aromatic rings. The molecule has 1 aliphatic heterocycles. The predicted molar refractivity (Wildman–Crippen MR) is 85.2 cm³/mol. The fourth-order valence-electron chi connectivity index (χ4n) is 2.60. The zero-order valence-electron chi connectivity index (χ0n) is 12.4. The summed E-state index contributed by atoms with van der Waals surface area (Å²) in [5, 5.41) is 10.5. The lowest BCUT2D eigenvalue weighted by atomic mass is 10.1. The number of benzene rings is 2. The molecule has 0 bridgehead atoms. The number of hydrogen-bond acceptors (Lipinski definition) is 7. The van der Waals surface area contributed by atoms with Crippen molar-refractivity contribution in [2.75, 3.05) is 7.11 Å². The van der Waals surface area contributed by atoms with Crippen LogP contribution in [-0.4, -0.2) is 28.2 Å². The van der Waals surface area contributed by atoms with Crippen molar-refractivity contribution < 1.29 is 19.1 Å². The topological polar surface area (TPSA) is 103 Å². The molecule has 1 aliphatic carbocycles. The van der Waals surface area contributed by atoms with Gasteiger partial charge in [-0.3, -0.25) is 4.79 Å². The van der Waals surface area contributed by atoms with Gasteiger partial charge in [-0.15, -0.1) is 0 Å². The van der Waals surface area contributed by atoms with Crippen LogP contribution >= 0.6 is 0 Å². The smallest absolute Gasteiger partial charge is 0.356 e. The van der Waals surface area contributed by atoms with E-state index in [0.29, 0.717) is 16.8 Å².